The van der Waals surface area contributed by atoms with E-state index in [1.807, 2.05) is 24.3 Å². The maximum absolute atomic E-state index is 13.0. The van der Waals surface area contributed by atoms with E-state index < -0.39 is 29.4 Å². The van der Waals surface area contributed by atoms with E-state index in [9.17, 15) is 23.6 Å². The van der Waals surface area contributed by atoms with Crippen LogP contribution in [0.25, 0.3) is 17.0 Å². The summed E-state index contributed by atoms with van der Waals surface area (Å²) in [5, 5.41) is 2.76. The zero-order valence-electron chi connectivity index (χ0n) is 18.1. The highest BCUT2D eigenvalue weighted by Crippen LogP contribution is 2.34. The summed E-state index contributed by atoms with van der Waals surface area (Å²) < 4.78 is 19.8. The number of nitrogens with zero attached hydrogens (tertiary/aromatic N) is 2. The van der Waals surface area contributed by atoms with E-state index in [2.05, 4.69) is 5.32 Å². The van der Waals surface area contributed by atoms with E-state index in [0.717, 1.165) is 27.6 Å². The smallest absolute Gasteiger partial charge is 0.325 e. The van der Waals surface area contributed by atoms with E-state index in [1.54, 1.807) is 23.8 Å². The van der Waals surface area contributed by atoms with Crippen molar-refractivity contribution in [3.05, 3.63) is 71.0 Å². The number of imide groups is 1. The molecule has 2 aromatic carbocycles. The Bertz CT molecular complexity index is 1320. The summed E-state index contributed by atoms with van der Waals surface area (Å²) in [4.78, 5) is 50.6. The van der Waals surface area contributed by atoms with Crippen molar-refractivity contribution in [3.8, 4) is 0 Å². The first-order chi connectivity index (χ1) is 16.4. The Hall–Kier alpha value is -3.92. The fourth-order valence-corrected chi connectivity index (χ4v) is 4.35. The molecule has 10 heteroatoms. The molecule has 1 aliphatic heterocycles. The SMILES string of the molecule is CCOC(=O)Cn1cc(C=C2SC(=O)N(CC(=O)Nc3ccc(F)cc3)C2=O)c2ccccc21. The Morgan fingerprint density at radius 1 is 1.09 bits per heavy atom. The fraction of sp³-hybridized carbons (Fsp3) is 0.167. The van der Waals surface area contributed by atoms with Gasteiger partial charge in [0.2, 0.25) is 5.91 Å². The normalized spacial score (nSPS) is 14.8. The molecule has 0 unspecified atom stereocenters. The van der Waals surface area contributed by atoms with Gasteiger partial charge in [-0.05, 0) is 55.1 Å². The van der Waals surface area contributed by atoms with Crippen LogP contribution < -0.4 is 5.32 Å². The topological polar surface area (TPSA) is 97.7 Å². The van der Waals surface area contributed by atoms with Crippen molar-refractivity contribution in [2.75, 3.05) is 18.5 Å². The summed E-state index contributed by atoms with van der Waals surface area (Å²) in [6.45, 7) is 1.54. The van der Waals surface area contributed by atoms with Crippen LogP contribution in [0.4, 0.5) is 14.9 Å². The van der Waals surface area contributed by atoms with E-state index in [1.165, 1.54) is 24.3 Å². The lowest BCUT2D eigenvalue weighted by Crippen LogP contribution is -2.36. The molecule has 2 heterocycles. The second-order valence-electron chi connectivity index (χ2n) is 7.36. The molecule has 1 aromatic heterocycles. The number of nitrogens with one attached hydrogen (secondary N) is 1. The van der Waals surface area contributed by atoms with Crippen molar-refractivity contribution >= 4 is 57.5 Å². The van der Waals surface area contributed by atoms with Crippen LogP contribution in [0.1, 0.15) is 12.5 Å². The number of hydrogen-bond donors (Lipinski definition) is 1. The van der Waals surface area contributed by atoms with Crippen LogP contribution in [-0.2, 0) is 25.7 Å². The third-order valence-corrected chi connectivity index (χ3v) is 5.92. The number of anilines is 1. The Morgan fingerprint density at radius 3 is 2.56 bits per heavy atom. The minimum atomic E-state index is -0.591. The molecule has 1 fully saturated rings. The first-order valence-corrected chi connectivity index (χ1v) is 11.2. The first-order valence-electron chi connectivity index (χ1n) is 10.4. The molecule has 0 radical (unpaired) electrons. The molecular formula is C24H20FN3O5S. The number of esters is 1. The minimum Gasteiger partial charge on any atom is -0.465 e. The molecule has 0 aliphatic carbocycles. The summed E-state index contributed by atoms with van der Waals surface area (Å²) in [5.41, 5.74) is 1.78. The van der Waals surface area contributed by atoms with Crippen molar-refractivity contribution < 1.29 is 28.3 Å². The highest BCUT2D eigenvalue weighted by molar-refractivity contribution is 8.18. The number of amides is 3. The van der Waals surface area contributed by atoms with Crippen LogP contribution in [0.2, 0.25) is 0 Å². The summed E-state index contributed by atoms with van der Waals surface area (Å²) in [7, 11) is 0. The van der Waals surface area contributed by atoms with Gasteiger partial charge in [-0.15, -0.1) is 0 Å². The van der Waals surface area contributed by atoms with Gasteiger partial charge in [0.15, 0.2) is 0 Å². The second kappa shape index (κ2) is 9.92. The van der Waals surface area contributed by atoms with E-state index in [4.69, 9.17) is 4.74 Å². The number of hydrogen-bond acceptors (Lipinski definition) is 6. The minimum absolute atomic E-state index is 0.00717. The van der Waals surface area contributed by atoms with Crippen molar-refractivity contribution in [2.45, 2.75) is 13.5 Å². The lowest BCUT2D eigenvalue weighted by molar-refractivity contribution is -0.143. The summed E-state index contributed by atoms with van der Waals surface area (Å²) in [6.07, 6.45) is 3.30. The van der Waals surface area contributed by atoms with Gasteiger partial charge in [-0.2, -0.15) is 0 Å². The number of carbonyl (C=O) groups is 4. The Morgan fingerprint density at radius 2 is 1.82 bits per heavy atom. The average molecular weight is 482 g/mol. The van der Waals surface area contributed by atoms with Crippen LogP contribution in [0.5, 0.6) is 0 Å². The van der Waals surface area contributed by atoms with Crippen molar-refractivity contribution in [3.63, 3.8) is 0 Å². The molecule has 0 saturated carbocycles. The van der Waals surface area contributed by atoms with Crippen molar-refractivity contribution in [2.24, 2.45) is 0 Å². The van der Waals surface area contributed by atoms with Gasteiger partial charge in [0.05, 0.1) is 11.5 Å². The fourth-order valence-electron chi connectivity index (χ4n) is 3.52. The monoisotopic (exact) mass is 481 g/mol. The van der Waals surface area contributed by atoms with Gasteiger partial charge in [-0.3, -0.25) is 24.1 Å². The highest BCUT2D eigenvalue weighted by Gasteiger charge is 2.36. The number of halogens is 1. The number of thioether (sulfide) groups is 1. The molecule has 174 valence electrons. The number of ether oxygens (including phenoxy) is 1. The maximum atomic E-state index is 13.0. The largest absolute Gasteiger partial charge is 0.465 e. The third kappa shape index (κ3) is 5.01. The maximum Gasteiger partial charge on any atom is 0.325 e. The van der Waals surface area contributed by atoms with Crippen LogP contribution in [-0.4, -0.2) is 45.6 Å². The predicted octanol–water partition coefficient (Wildman–Crippen LogP) is 4.02. The van der Waals surface area contributed by atoms with Gasteiger partial charge in [0.25, 0.3) is 11.1 Å². The lowest BCUT2D eigenvalue weighted by atomic mass is 10.1. The first kappa shape index (κ1) is 23.2. The number of para-hydroxylation sites is 1. The van der Waals surface area contributed by atoms with Gasteiger partial charge in [-0.1, -0.05) is 18.2 Å². The highest BCUT2D eigenvalue weighted by atomic mass is 32.2. The molecule has 8 nitrogen and oxygen atoms in total. The third-order valence-electron chi connectivity index (χ3n) is 5.01. The van der Waals surface area contributed by atoms with Crippen molar-refractivity contribution in [1.29, 1.82) is 0 Å². The molecule has 0 bridgehead atoms. The Balaban J connectivity index is 1.53. The molecule has 0 atom stereocenters. The summed E-state index contributed by atoms with van der Waals surface area (Å²) in [5.74, 6) is -2.01. The molecule has 34 heavy (non-hydrogen) atoms. The molecule has 3 amide bonds. The standard InChI is InChI=1S/C24H20FN3O5S/c1-2-33-22(30)14-27-12-15(18-5-3-4-6-19(18)27)11-20-23(31)28(24(32)34-20)13-21(29)26-17-9-7-16(25)8-10-17/h3-12H,2,13-14H2,1H3,(H,26,29). The molecule has 1 N–H and O–H groups in total. The van der Waals surface area contributed by atoms with Crippen LogP contribution in [0.3, 0.4) is 0 Å². The number of rotatable bonds is 7. The van der Waals surface area contributed by atoms with E-state index in [-0.39, 0.29) is 24.0 Å². The number of aromatic nitrogens is 1. The number of fused-ring (bicyclic) bond motifs is 1. The molecule has 1 aliphatic rings. The molecule has 4 rings (SSSR count). The van der Waals surface area contributed by atoms with Gasteiger partial charge < -0.3 is 14.6 Å². The van der Waals surface area contributed by atoms with Crippen LogP contribution in [0, 0.1) is 5.82 Å². The average Bonchev–Trinajstić information content (AvgIpc) is 3.27. The molecule has 0 spiro atoms. The number of benzene rings is 2. The van der Waals surface area contributed by atoms with E-state index >= 15 is 0 Å². The quantitative estimate of drug-likeness (QED) is 0.404. The van der Waals surface area contributed by atoms with Crippen LogP contribution >= 0.6 is 11.8 Å². The zero-order valence-corrected chi connectivity index (χ0v) is 18.9. The predicted molar refractivity (Wildman–Crippen MR) is 126 cm³/mol. The summed E-state index contributed by atoms with van der Waals surface area (Å²) in [6, 6.07) is 12.5. The van der Waals surface area contributed by atoms with Crippen LogP contribution in [0.15, 0.2) is 59.6 Å². The Kier molecular flexibility index (Phi) is 6.78. The zero-order chi connectivity index (χ0) is 24.2. The van der Waals surface area contributed by atoms with Crippen molar-refractivity contribution in [1.82, 2.24) is 9.47 Å². The number of carbonyl (C=O) groups excluding carboxylic acids is 4. The second-order valence-corrected chi connectivity index (χ2v) is 8.35. The Labute approximate surface area is 198 Å². The van der Waals surface area contributed by atoms with Gasteiger partial charge in [0, 0.05) is 28.4 Å². The molecule has 3 aromatic rings. The summed E-state index contributed by atoms with van der Waals surface area (Å²) >= 11 is 0.735. The molecular weight excluding hydrogens is 461 g/mol. The van der Waals surface area contributed by atoms with E-state index in [0.29, 0.717) is 11.3 Å². The van der Waals surface area contributed by atoms with Gasteiger partial charge in [0.1, 0.15) is 18.9 Å². The van der Waals surface area contributed by atoms with Gasteiger partial charge in [-0.25, -0.2) is 4.39 Å². The lowest BCUT2D eigenvalue weighted by Gasteiger charge is -2.12. The molecule has 1 saturated heterocycles. The van der Waals surface area contributed by atoms with Gasteiger partial charge >= 0.3 is 5.97 Å².